The summed E-state index contributed by atoms with van der Waals surface area (Å²) in [5.74, 6) is 2.71. The molecule has 0 bridgehead atoms. The Morgan fingerprint density at radius 2 is 2.03 bits per heavy atom. The van der Waals surface area contributed by atoms with Crippen molar-refractivity contribution in [3.05, 3.63) is 41.0 Å². The summed E-state index contributed by atoms with van der Waals surface area (Å²) in [5, 5.41) is 8.23. The predicted molar refractivity (Wildman–Crippen MR) is 129 cm³/mol. The molecule has 1 aliphatic heterocycles. The van der Waals surface area contributed by atoms with E-state index >= 15 is 0 Å². The lowest BCUT2D eigenvalue weighted by molar-refractivity contribution is 0.363. The van der Waals surface area contributed by atoms with Gasteiger partial charge in [0, 0.05) is 62.8 Å². The predicted octanol–water partition coefficient (Wildman–Crippen LogP) is 3.79. The highest BCUT2D eigenvalue weighted by molar-refractivity contribution is 14.0. The minimum Gasteiger partial charge on any atom is -0.368 e. The van der Waals surface area contributed by atoms with Gasteiger partial charge in [-0.05, 0) is 24.6 Å². The maximum absolute atomic E-state index is 6.12. The molecule has 1 aliphatic rings. The third-order valence-corrected chi connectivity index (χ3v) is 5.05. The summed E-state index contributed by atoms with van der Waals surface area (Å²) in [6.07, 6.45) is 1.69. The fourth-order valence-corrected chi connectivity index (χ4v) is 3.41. The van der Waals surface area contributed by atoms with Crippen molar-refractivity contribution in [2.24, 2.45) is 4.99 Å². The number of rotatable bonds is 6. The Hall–Kier alpha value is -1.55. The summed E-state index contributed by atoms with van der Waals surface area (Å²) in [5.41, 5.74) is 1.18. The van der Waals surface area contributed by atoms with Crippen molar-refractivity contribution in [2.75, 3.05) is 44.7 Å². The number of aliphatic imine (C=N–C) groups is 1. The van der Waals surface area contributed by atoms with Crippen LogP contribution in [0.2, 0.25) is 5.02 Å². The Kier molecular flexibility index (Phi) is 9.48. The second-order valence-corrected chi connectivity index (χ2v) is 7.67. The van der Waals surface area contributed by atoms with E-state index in [0.717, 1.165) is 62.4 Å². The standard InChI is InChI=1S/C20H29ClN6O.HI/c1-15(2)19-24-18(28-25-19)8-5-9-23-20(22-3)27-12-10-26(11-13-27)17-7-4-6-16(21)14-17;/h4,6-7,14-15H,5,8-13H2,1-3H3,(H,22,23);1H. The number of guanidine groups is 1. The highest BCUT2D eigenvalue weighted by Gasteiger charge is 2.20. The molecular weight excluding hydrogens is 503 g/mol. The number of hydrogen-bond acceptors (Lipinski definition) is 5. The molecule has 1 N–H and O–H groups in total. The van der Waals surface area contributed by atoms with E-state index in [4.69, 9.17) is 16.1 Å². The van der Waals surface area contributed by atoms with E-state index in [2.05, 4.69) is 50.2 Å². The van der Waals surface area contributed by atoms with Crippen LogP contribution in [-0.2, 0) is 6.42 Å². The summed E-state index contributed by atoms with van der Waals surface area (Å²) >= 11 is 6.12. The number of hydrogen-bond donors (Lipinski definition) is 1. The lowest BCUT2D eigenvalue weighted by atomic mass is 10.2. The fourth-order valence-electron chi connectivity index (χ4n) is 3.23. The number of benzene rings is 1. The van der Waals surface area contributed by atoms with Crippen LogP contribution in [0.15, 0.2) is 33.8 Å². The van der Waals surface area contributed by atoms with Gasteiger partial charge in [0.2, 0.25) is 5.89 Å². The zero-order valence-electron chi connectivity index (χ0n) is 17.3. The van der Waals surface area contributed by atoms with Gasteiger partial charge in [0.1, 0.15) is 0 Å². The Balaban J connectivity index is 0.00000300. The van der Waals surface area contributed by atoms with Gasteiger partial charge in [0.25, 0.3) is 0 Å². The van der Waals surface area contributed by atoms with Crippen molar-refractivity contribution in [3.63, 3.8) is 0 Å². The van der Waals surface area contributed by atoms with Crippen LogP contribution in [0.25, 0.3) is 0 Å². The van der Waals surface area contributed by atoms with E-state index in [9.17, 15) is 0 Å². The molecule has 7 nitrogen and oxygen atoms in total. The van der Waals surface area contributed by atoms with Crippen LogP contribution in [0.5, 0.6) is 0 Å². The molecule has 0 aliphatic carbocycles. The van der Waals surface area contributed by atoms with Crippen LogP contribution >= 0.6 is 35.6 Å². The molecule has 9 heteroatoms. The van der Waals surface area contributed by atoms with E-state index in [1.165, 1.54) is 5.69 Å². The van der Waals surface area contributed by atoms with Gasteiger partial charge in [0.05, 0.1) is 0 Å². The van der Waals surface area contributed by atoms with E-state index in [-0.39, 0.29) is 24.0 Å². The average Bonchev–Trinajstić information content (AvgIpc) is 3.18. The van der Waals surface area contributed by atoms with Crippen molar-refractivity contribution < 1.29 is 4.52 Å². The zero-order valence-corrected chi connectivity index (χ0v) is 20.4. The molecule has 1 aromatic carbocycles. The molecular formula is C20H30ClIN6O. The highest BCUT2D eigenvalue weighted by Crippen LogP contribution is 2.20. The first kappa shape index (κ1) is 23.7. The first-order valence-corrected chi connectivity index (χ1v) is 10.2. The third-order valence-electron chi connectivity index (χ3n) is 4.82. The van der Waals surface area contributed by atoms with Crippen LogP contribution < -0.4 is 10.2 Å². The molecule has 0 spiro atoms. The van der Waals surface area contributed by atoms with E-state index < -0.39 is 0 Å². The number of anilines is 1. The van der Waals surface area contributed by atoms with Crippen LogP contribution in [0.3, 0.4) is 0 Å². The zero-order chi connectivity index (χ0) is 19.9. The van der Waals surface area contributed by atoms with Gasteiger partial charge in [-0.3, -0.25) is 4.99 Å². The summed E-state index contributed by atoms with van der Waals surface area (Å²) in [4.78, 5) is 13.5. The van der Waals surface area contributed by atoms with Gasteiger partial charge < -0.3 is 19.6 Å². The van der Waals surface area contributed by atoms with Gasteiger partial charge in [-0.1, -0.05) is 36.7 Å². The molecule has 1 aromatic heterocycles. The Morgan fingerprint density at radius 3 is 2.66 bits per heavy atom. The minimum absolute atomic E-state index is 0. The van der Waals surface area contributed by atoms with Gasteiger partial charge in [-0.15, -0.1) is 24.0 Å². The second kappa shape index (κ2) is 11.6. The third kappa shape index (κ3) is 6.74. The Morgan fingerprint density at radius 1 is 1.28 bits per heavy atom. The molecule has 1 fully saturated rings. The number of aromatic nitrogens is 2. The summed E-state index contributed by atoms with van der Waals surface area (Å²) in [6, 6.07) is 8.03. The second-order valence-electron chi connectivity index (χ2n) is 7.23. The number of nitrogens with one attached hydrogen (secondary N) is 1. The molecule has 0 atom stereocenters. The summed E-state index contributed by atoms with van der Waals surface area (Å²) < 4.78 is 5.29. The maximum Gasteiger partial charge on any atom is 0.226 e. The number of aryl methyl sites for hydroxylation is 1. The van der Waals surface area contributed by atoms with Crippen LogP contribution in [0.1, 0.15) is 37.9 Å². The largest absolute Gasteiger partial charge is 0.368 e. The van der Waals surface area contributed by atoms with Crippen molar-refractivity contribution in [1.29, 1.82) is 0 Å². The molecule has 2 aromatic rings. The lowest BCUT2D eigenvalue weighted by Gasteiger charge is -2.37. The molecule has 0 radical (unpaired) electrons. The van der Waals surface area contributed by atoms with Crippen LogP contribution in [0, 0.1) is 0 Å². The lowest BCUT2D eigenvalue weighted by Crippen LogP contribution is -2.52. The normalized spacial score (nSPS) is 14.9. The molecule has 1 saturated heterocycles. The Bertz CT molecular complexity index is 789. The summed E-state index contributed by atoms with van der Waals surface area (Å²) in [7, 11) is 1.83. The molecule has 0 saturated carbocycles. The van der Waals surface area contributed by atoms with Crippen molar-refractivity contribution in [1.82, 2.24) is 20.4 Å². The van der Waals surface area contributed by atoms with Crippen LogP contribution in [-0.4, -0.2) is 60.8 Å². The van der Waals surface area contributed by atoms with Gasteiger partial charge in [-0.2, -0.15) is 4.98 Å². The first-order valence-electron chi connectivity index (χ1n) is 9.85. The van der Waals surface area contributed by atoms with E-state index in [1.807, 2.05) is 25.2 Å². The van der Waals surface area contributed by atoms with Gasteiger partial charge in [0.15, 0.2) is 11.8 Å². The fraction of sp³-hybridized carbons (Fsp3) is 0.550. The van der Waals surface area contributed by atoms with Crippen LogP contribution in [0.4, 0.5) is 5.69 Å². The maximum atomic E-state index is 6.12. The first-order chi connectivity index (χ1) is 13.6. The monoisotopic (exact) mass is 532 g/mol. The van der Waals surface area contributed by atoms with Crippen molar-refractivity contribution >= 4 is 47.2 Å². The van der Waals surface area contributed by atoms with Crippen molar-refractivity contribution in [2.45, 2.75) is 32.6 Å². The minimum atomic E-state index is 0. The van der Waals surface area contributed by atoms with Crippen molar-refractivity contribution in [3.8, 4) is 0 Å². The molecule has 3 rings (SSSR count). The average molecular weight is 533 g/mol. The van der Waals surface area contributed by atoms with E-state index in [1.54, 1.807) is 0 Å². The molecule has 29 heavy (non-hydrogen) atoms. The molecule has 160 valence electrons. The van der Waals surface area contributed by atoms with E-state index in [0.29, 0.717) is 11.8 Å². The van der Waals surface area contributed by atoms with Gasteiger partial charge in [-0.25, -0.2) is 0 Å². The topological polar surface area (TPSA) is 69.8 Å². The molecule has 2 heterocycles. The molecule has 0 unspecified atom stereocenters. The quantitative estimate of drug-likeness (QED) is 0.264. The number of halogens is 2. The number of piperazine rings is 1. The number of nitrogens with zero attached hydrogens (tertiary/aromatic N) is 5. The van der Waals surface area contributed by atoms with Gasteiger partial charge >= 0.3 is 0 Å². The smallest absolute Gasteiger partial charge is 0.226 e. The summed E-state index contributed by atoms with van der Waals surface area (Å²) in [6.45, 7) is 8.68. The highest BCUT2D eigenvalue weighted by atomic mass is 127. The molecule has 0 amide bonds. The SMILES string of the molecule is CN=C(NCCCc1nc(C(C)C)no1)N1CCN(c2cccc(Cl)c2)CC1.I. The Labute approximate surface area is 194 Å².